The Labute approximate surface area is 92.2 Å². The zero-order chi connectivity index (χ0) is 10.8. The number of aryl methyl sites for hydroxylation is 1. The standard InChI is InChI=1S/C10H10BNO2S/c1-7-12-10(6-15-7)8-4-2-3-5-9(8)11(13)14/h2-6,13-14H,1H3. The van der Waals surface area contributed by atoms with E-state index >= 15 is 0 Å². The fraction of sp³-hybridized carbons (Fsp3) is 0.100. The van der Waals surface area contributed by atoms with E-state index in [-0.39, 0.29) is 0 Å². The molecule has 0 saturated heterocycles. The molecular formula is C10H10BNO2S. The third kappa shape index (κ3) is 2.09. The molecule has 0 spiro atoms. The van der Waals surface area contributed by atoms with Gasteiger partial charge in [-0.1, -0.05) is 24.3 Å². The maximum atomic E-state index is 9.20. The van der Waals surface area contributed by atoms with E-state index in [0.29, 0.717) is 5.46 Å². The van der Waals surface area contributed by atoms with Crippen LogP contribution in [-0.4, -0.2) is 22.2 Å². The molecule has 76 valence electrons. The molecule has 1 aromatic heterocycles. The number of thiazole rings is 1. The smallest absolute Gasteiger partial charge is 0.423 e. The SMILES string of the molecule is Cc1nc(-c2ccccc2B(O)O)cs1. The van der Waals surface area contributed by atoms with E-state index in [1.54, 1.807) is 23.5 Å². The molecule has 0 fully saturated rings. The van der Waals surface area contributed by atoms with E-state index in [0.717, 1.165) is 16.3 Å². The summed E-state index contributed by atoms with van der Waals surface area (Å²) in [6.45, 7) is 1.92. The van der Waals surface area contributed by atoms with Crippen molar-refractivity contribution in [3.63, 3.8) is 0 Å². The molecule has 0 aliphatic rings. The summed E-state index contributed by atoms with van der Waals surface area (Å²) in [4.78, 5) is 4.32. The molecule has 1 heterocycles. The highest BCUT2D eigenvalue weighted by molar-refractivity contribution is 7.09. The Kier molecular flexibility index (Phi) is 2.86. The Morgan fingerprint density at radius 3 is 2.60 bits per heavy atom. The van der Waals surface area contributed by atoms with Crippen LogP contribution in [0.15, 0.2) is 29.6 Å². The number of aromatic nitrogens is 1. The maximum Gasteiger partial charge on any atom is 0.489 e. The first-order chi connectivity index (χ1) is 7.18. The lowest BCUT2D eigenvalue weighted by atomic mass is 9.76. The summed E-state index contributed by atoms with van der Waals surface area (Å²) in [5.74, 6) is 0. The number of rotatable bonds is 2. The normalized spacial score (nSPS) is 10.3. The lowest BCUT2D eigenvalue weighted by Crippen LogP contribution is -2.31. The van der Waals surface area contributed by atoms with Crippen LogP contribution in [0.5, 0.6) is 0 Å². The van der Waals surface area contributed by atoms with E-state index in [4.69, 9.17) is 0 Å². The van der Waals surface area contributed by atoms with Gasteiger partial charge >= 0.3 is 7.12 Å². The van der Waals surface area contributed by atoms with Gasteiger partial charge in [0.05, 0.1) is 10.7 Å². The van der Waals surface area contributed by atoms with E-state index < -0.39 is 7.12 Å². The maximum absolute atomic E-state index is 9.20. The van der Waals surface area contributed by atoms with Crippen molar-refractivity contribution in [2.45, 2.75) is 6.92 Å². The molecule has 0 bridgehead atoms. The van der Waals surface area contributed by atoms with Crippen LogP contribution >= 0.6 is 11.3 Å². The lowest BCUT2D eigenvalue weighted by Gasteiger charge is -2.05. The van der Waals surface area contributed by atoms with Gasteiger partial charge in [0.1, 0.15) is 0 Å². The van der Waals surface area contributed by atoms with Gasteiger partial charge in [0.15, 0.2) is 0 Å². The molecule has 0 radical (unpaired) electrons. The fourth-order valence-electron chi connectivity index (χ4n) is 1.44. The largest absolute Gasteiger partial charge is 0.489 e. The van der Waals surface area contributed by atoms with Crippen LogP contribution < -0.4 is 5.46 Å². The van der Waals surface area contributed by atoms with Gasteiger partial charge in [-0.25, -0.2) is 4.98 Å². The van der Waals surface area contributed by atoms with Crippen molar-refractivity contribution in [1.29, 1.82) is 0 Å². The molecule has 0 saturated carbocycles. The minimum atomic E-state index is -1.46. The topological polar surface area (TPSA) is 53.4 Å². The molecule has 0 atom stereocenters. The summed E-state index contributed by atoms with van der Waals surface area (Å²) >= 11 is 1.55. The predicted molar refractivity (Wildman–Crippen MR) is 62.1 cm³/mol. The highest BCUT2D eigenvalue weighted by Gasteiger charge is 2.17. The lowest BCUT2D eigenvalue weighted by molar-refractivity contribution is 0.426. The molecule has 0 aliphatic carbocycles. The molecular weight excluding hydrogens is 209 g/mol. The zero-order valence-electron chi connectivity index (χ0n) is 8.21. The van der Waals surface area contributed by atoms with Crippen LogP contribution in [-0.2, 0) is 0 Å². The Bertz CT molecular complexity index is 470. The third-order valence-electron chi connectivity index (χ3n) is 2.13. The van der Waals surface area contributed by atoms with Crippen molar-refractivity contribution < 1.29 is 10.0 Å². The van der Waals surface area contributed by atoms with E-state index in [1.807, 2.05) is 24.4 Å². The van der Waals surface area contributed by atoms with Gasteiger partial charge in [-0.05, 0) is 12.4 Å². The first-order valence-electron chi connectivity index (χ1n) is 4.56. The fourth-order valence-corrected chi connectivity index (χ4v) is 2.06. The van der Waals surface area contributed by atoms with Crippen LogP contribution in [0, 0.1) is 6.92 Å². The monoisotopic (exact) mass is 219 g/mol. The molecule has 2 N–H and O–H groups in total. The molecule has 1 aromatic carbocycles. The van der Waals surface area contributed by atoms with Gasteiger partial charge in [0.2, 0.25) is 0 Å². The van der Waals surface area contributed by atoms with Gasteiger partial charge in [-0.2, -0.15) is 0 Å². The molecule has 0 unspecified atom stereocenters. The number of hydrogen-bond donors (Lipinski definition) is 2. The quantitative estimate of drug-likeness (QED) is 0.734. The van der Waals surface area contributed by atoms with Crippen LogP contribution in [0.25, 0.3) is 11.3 Å². The van der Waals surface area contributed by atoms with Crippen molar-refractivity contribution in [3.8, 4) is 11.3 Å². The Morgan fingerprint density at radius 2 is 2.00 bits per heavy atom. The van der Waals surface area contributed by atoms with E-state index in [9.17, 15) is 10.0 Å². The second kappa shape index (κ2) is 4.14. The summed E-state index contributed by atoms with van der Waals surface area (Å²) in [7, 11) is -1.46. The molecule has 15 heavy (non-hydrogen) atoms. The van der Waals surface area contributed by atoms with Gasteiger partial charge in [0.25, 0.3) is 0 Å². The van der Waals surface area contributed by atoms with Crippen molar-refractivity contribution in [2.24, 2.45) is 0 Å². The van der Waals surface area contributed by atoms with Crippen molar-refractivity contribution in [3.05, 3.63) is 34.7 Å². The Morgan fingerprint density at radius 1 is 1.27 bits per heavy atom. The summed E-state index contributed by atoms with van der Waals surface area (Å²) in [6.07, 6.45) is 0. The minimum absolute atomic E-state index is 0.489. The second-order valence-corrected chi connectivity index (χ2v) is 4.27. The molecule has 0 amide bonds. The first kappa shape index (κ1) is 10.4. The van der Waals surface area contributed by atoms with Crippen molar-refractivity contribution in [2.75, 3.05) is 0 Å². The molecule has 5 heteroatoms. The van der Waals surface area contributed by atoms with E-state index in [2.05, 4.69) is 4.98 Å². The summed E-state index contributed by atoms with van der Waals surface area (Å²) in [5, 5.41) is 21.3. The van der Waals surface area contributed by atoms with Gasteiger partial charge < -0.3 is 10.0 Å². The number of nitrogens with zero attached hydrogens (tertiary/aromatic N) is 1. The van der Waals surface area contributed by atoms with Gasteiger partial charge in [-0.15, -0.1) is 11.3 Å². The van der Waals surface area contributed by atoms with E-state index in [1.165, 1.54) is 0 Å². The summed E-state index contributed by atoms with van der Waals surface area (Å²) in [6, 6.07) is 7.16. The average Bonchev–Trinajstić information content (AvgIpc) is 2.65. The van der Waals surface area contributed by atoms with Crippen molar-refractivity contribution in [1.82, 2.24) is 4.98 Å². The van der Waals surface area contributed by atoms with Crippen LogP contribution in [0.3, 0.4) is 0 Å². The van der Waals surface area contributed by atoms with Gasteiger partial charge in [-0.3, -0.25) is 0 Å². The van der Waals surface area contributed by atoms with Crippen LogP contribution in [0.4, 0.5) is 0 Å². The first-order valence-corrected chi connectivity index (χ1v) is 5.44. The Hall–Kier alpha value is -1.17. The average molecular weight is 219 g/mol. The van der Waals surface area contributed by atoms with Crippen LogP contribution in [0.2, 0.25) is 0 Å². The van der Waals surface area contributed by atoms with Gasteiger partial charge in [0, 0.05) is 10.9 Å². The summed E-state index contributed by atoms with van der Waals surface area (Å²) < 4.78 is 0. The minimum Gasteiger partial charge on any atom is -0.423 e. The van der Waals surface area contributed by atoms with Crippen molar-refractivity contribution >= 4 is 23.9 Å². The van der Waals surface area contributed by atoms with Crippen LogP contribution in [0.1, 0.15) is 5.01 Å². The highest BCUT2D eigenvalue weighted by atomic mass is 32.1. The Balaban J connectivity index is 2.52. The number of benzene rings is 1. The molecule has 2 aromatic rings. The second-order valence-electron chi connectivity index (χ2n) is 3.21. The molecule has 3 nitrogen and oxygen atoms in total. The third-order valence-corrected chi connectivity index (χ3v) is 2.91. The zero-order valence-corrected chi connectivity index (χ0v) is 9.03. The summed E-state index contributed by atoms with van der Waals surface area (Å²) in [5.41, 5.74) is 2.06. The number of hydrogen-bond acceptors (Lipinski definition) is 4. The molecule has 2 rings (SSSR count). The highest BCUT2D eigenvalue weighted by Crippen LogP contribution is 2.19. The molecule has 0 aliphatic heterocycles. The predicted octanol–water partition coefficient (Wildman–Crippen LogP) is 0.798.